The third-order valence-corrected chi connectivity index (χ3v) is 4.46. The van der Waals surface area contributed by atoms with E-state index in [1.54, 1.807) is 0 Å². The van der Waals surface area contributed by atoms with E-state index in [1.807, 2.05) is 0 Å². The second-order valence-electron chi connectivity index (χ2n) is 5.12. The lowest BCUT2D eigenvalue weighted by molar-refractivity contribution is 0.233. The highest BCUT2D eigenvalue weighted by Gasteiger charge is 2.29. The predicted molar refractivity (Wildman–Crippen MR) is 70.6 cm³/mol. The summed E-state index contributed by atoms with van der Waals surface area (Å²) in [5.41, 5.74) is 3.93. The van der Waals surface area contributed by atoms with E-state index in [2.05, 4.69) is 32.7 Å². The molecule has 2 aliphatic rings. The summed E-state index contributed by atoms with van der Waals surface area (Å²) in [4.78, 5) is 5.93. The van der Waals surface area contributed by atoms with Crippen molar-refractivity contribution in [1.82, 2.24) is 14.5 Å². The molecule has 1 atom stereocenters. The van der Waals surface area contributed by atoms with Crippen molar-refractivity contribution in [2.45, 2.75) is 32.0 Å². The lowest BCUT2D eigenvalue weighted by atomic mass is 10.2. The van der Waals surface area contributed by atoms with Gasteiger partial charge in [0.15, 0.2) is 4.77 Å². The maximum absolute atomic E-state index is 5.45. The van der Waals surface area contributed by atoms with Crippen LogP contribution in [0.5, 0.6) is 0 Å². The number of aromatic nitrogens is 2. The molecule has 1 N–H and O–H groups in total. The molecule has 0 bridgehead atoms. The van der Waals surface area contributed by atoms with E-state index in [0.29, 0.717) is 6.04 Å². The first-order valence-electron chi connectivity index (χ1n) is 6.27. The number of para-hydroxylation sites is 1. The van der Waals surface area contributed by atoms with Crippen LogP contribution in [0.3, 0.4) is 0 Å². The van der Waals surface area contributed by atoms with Gasteiger partial charge in [-0.15, -0.1) is 0 Å². The molecular weight excluding hydrogens is 230 g/mol. The Balaban J connectivity index is 2.01. The number of fused-ring (bicyclic) bond motifs is 1. The first-order chi connectivity index (χ1) is 8.33. The van der Waals surface area contributed by atoms with Gasteiger partial charge in [-0.05, 0) is 43.2 Å². The molecule has 17 heavy (non-hydrogen) atoms. The Hall–Kier alpha value is -1.13. The van der Waals surface area contributed by atoms with Crippen molar-refractivity contribution in [3.63, 3.8) is 0 Å². The minimum Gasteiger partial charge on any atom is -0.331 e. The summed E-state index contributed by atoms with van der Waals surface area (Å²) in [6.07, 6.45) is 2.64. The number of rotatable bonds is 0. The first-order valence-corrected chi connectivity index (χ1v) is 6.68. The van der Waals surface area contributed by atoms with Crippen molar-refractivity contribution >= 4 is 23.3 Å². The van der Waals surface area contributed by atoms with E-state index in [1.165, 1.54) is 36.0 Å². The topological polar surface area (TPSA) is 24.0 Å². The Kier molecular flexibility index (Phi) is 1.99. The van der Waals surface area contributed by atoms with Gasteiger partial charge in [-0.2, -0.15) is 0 Å². The van der Waals surface area contributed by atoms with Gasteiger partial charge in [0.2, 0.25) is 0 Å². The molecule has 88 valence electrons. The number of hydrogen-bond donors (Lipinski definition) is 1. The number of aromatic amines is 1. The van der Waals surface area contributed by atoms with E-state index < -0.39 is 0 Å². The minimum atomic E-state index is 0.674. The molecule has 0 spiro atoms. The average Bonchev–Trinajstić information content (AvgIpc) is 2.82. The Bertz CT molecular complexity index is 640. The molecule has 1 saturated heterocycles. The predicted octanol–water partition coefficient (Wildman–Crippen LogP) is 2.68. The number of hydrogen-bond acceptors (Lipinski definition) is 2. The molecule has 2 aromatic rings. The van der Waals surface area contributed by atoms with Crippen LogP contribution < -0.4 is 0 Å². The van der Waals surface area contributed by atoms with Gasteiger partial charge in [0, 0.05) is 19.1 Å². The van der Waals surface area contributed by atoms with E-state index in [9.17, 15) is 0 Å². The largest absolute Gasteiger partial charge is 0.331 e. The number of imidazole rings is 1. The molecular formula is C13H15N3S. The smallest absolute Gasteiger partial charge is 0.178 e. The number of benzene rings is 1. The molecule has 3 nitrogen and oxygen atoms in total. The van der Waals surface area contributed by atoms with Crippen molar-refractivity contribution in [3.8, 4) is 0 Å². The molecule has 4 rings (SSSR count). The normalized spacial score (nSPS) is 23.9. The average molecular weight is 245 g/mol. The van der Waals surface area contributed by atoms with Crippen LogP contribution in [0.1, 0.15) is 18.4 Å². The van der Waals surface area contributed by atoms with Gasteiger partial charge >= 0.3 is 0 Å². The lowest BCUT2D eigenvalue weighted by Gasteiger charge is -2.21. The molecule has 1 aromatic heterocycles. The van der Waals surface area contributed by atoms with Crippen LogP contribution in [-0.2, 0) is 13.1 Å². The van der Waals surface area contributed by atoms with Crippen LogP contribution in [0.25, 0.3) is 11.0 Å². The summed E-state index contributed by atoms with van der Waals surface area (Å²) in [5, 5.41) is 0. The summed E-state index contributed by atoms with van der Waals surface area (Å²) in [5.74, 6) is 0. The van der Waals surface area contributed by atoms with Crippen LogP contribution in [0.2, 0.25) is 0 Å². The van der Waals surface area contributed by atoms with Gasteiger partial charge in [0.25, 0.3) is 0 Å². The van der Waals surface area contributed by atoms with Gasteiger partial charge in [0.05, 0.1) is 11.0 Å². The standard InChI is InChI=1S/C13H15N3S/c17-13-14-11-5-1-3-9-7-15-6-2-4-10(15)8-16(13)12(9)11/h1,3,5,10H,2,4,6-8H2,(H,14,17). The van der Waals surface area contributed by atoms with Crippen molar-refractivity contribution in [2.75, 3.05) is 6.54 Å². The third-order valence-electron chi connectivity index (χ3n) is 4.14. The molecule has 1 aromatic carbocycles. The highest BCUT2D eigenvalue weighted by atomic mass is 32.1. The number of H-pyrrole nitrogens is 1. The Morgan fingerprint density at radius 2 is 2.29 bits per heavy atom. The van der Waals surface area contributed by atoms with E-state index >= 15 is 0 Å². The summed E-state index contributed by atoms with van der Waals surface area (Å²) in [6, 6.07) is 7.17. The van der Waals surface area contributed by atoms with Crippen molar-refractivity contribution in [2.24, 2.45) is 0 Å². The highest BCUT2D eigenvalue weighted by molar-refractivity contribution is 7.71. The minimum absolute atomic E-state index is 0.674. The number of nitrogens with zero attached hydrogens (tertiary/aromatic N) is 2. The fourth-order valence-corrected chi connectivity index (χ4v) is 3.61. The quantitative estimate of drug-likeness (QED) is 0.722. The molecule has 0 radical (unpaired) electrons. The van der Waals surface area contributed by atoms with Gasteiger partial charge in [0.1, 0.15) is 0 Å². The van der Waals surface area contributed by atoms with E-state index in [4.69, 9.17) is 12.2 Å². The van der Waals surface area contributed by atoms with Crippen molar-refractivity contribution in [1.29, 1.82) is 0 Å². The maximum atomic E-state index is 5.45. The fraction of sp³-hybridized carbons (Fsp3) is 0.462. The zero-order valence-corrected chi connectivity index (χ0v) is 10.5. The SMILES string of the molecule is S=c1[nH]c2cccc3c2n1CC1CCCN1C3. The van der Waals surface area contributed by atoms with E-state index in [-0.39, 0.29) is 0 Å². The Morgan fingerprint density at radius 1 is 1.35 bits per heavy atom. The maximum Gasteiger partial charge on any atom is 0.178 e. The molecule has 0 aliphatic carbocycles. The molecule has 2 aliphatic heterocycles. The van der Waals surface area contributed by atoms with Crippen molar-refractivity contribution < 1.29 is 0 Å². The van der Waals surface area contributed by atoms with Gasteiger partial charge in [-0.25, -0.2) is 0 Å². The molecule has 3 heterocycles. The zero-order chi connectivity index (χ0) is 11.4. The monoisotopic (exact) mass is 245 g/mol. The van der Waals surface area contributed by atoms with Crippen LogP contribution in [0.4, 0.5) is 0 Å². The third kappa shape index (κ3) is 1.34. The van der Waals surface area contributed by atoms with Crippen LogP contribution in [0, 0.1) is 4.77 Å². The molecule has 0 saturated carbocycles. The van der Waals surface area contributed by atoms with Crippen LogP contribution in [-0.4, -0.2) is 27.0 Å². The van der Waals surface area contributed by atoms with Crippen LogP contribution in [0.15, 0.2) is 18.2 Å². The van der Waals surface area contributed by atoms with Gasteiger partial charge in [-0.1, -0.05) is 12.1 Å². The summed E-state index contributed by atoms with van der Waals surface area (Å²) < 4.78 is 3.18. The summed E-state index contributed by atoms with van der Waals surface area (Å²) in [6.45, 7) is 3.37. The summed E-state index contributed by atoms with van der Waals surface area (Å²) >= 11 is 5.45. The van der Waals surface area contributed by atoms with Gasteiger partial charge < -0.3 is 9.55 Å². The Labute approximate surface area is 105 Å². The van der Waals surface area contributed by atoms with Crippen LogP contribution >= 0.6 is 12.2 Å². The molecule has 4 heteroatoms. The second kappa shape index (κ2) is 3.43. The summed E-state index contributed by atoms with van der Waals surface area (Å²) in [7, 11) is 0. The number of nitrogens with one attached hydrogen (secondary N) is 1. The fourth-order valence-electron chi connectivity index (χ4n) is 3.34. The first kappa shape index (κ1) is 9.85. The highest BCUT2D eigenvalue weighted by Crippen LogP contribution is 2.29. The Morgan fingerprint density at radius 3 is 3.24 bits per heavy atom. The van der Waals surface area contributed by atoms with Gasteiger partial charge in [-0.3, -0.25) is 4.90 Å². The lowest BCUT2D eigenvalue weighted by Crippen LogP contribution is -2.30. The second-order valence-corrected chi connectivity index (χ2v) is 5.51. The molecule has 0 amide bonds. The van der Waals surface area contributed by atoms with E-state index in [0.717, 1.165) is 17.9 Å². The zero-order valence-electron chi connectivity index (χ0n) is 9.65. The molecule has 1 unspecified atom stereocenters. The molecule has 1 fully saturated rings. The van der Waals surface area contributed by atoms with Crippen molar-refractivity contribution in [3.05, 3.63) is 28.5 Å².